The number of aromatic nitrogens is 2. The van der Waals surface area contributed by atoms with Gasteiger partial charge in [0.2, 0.25) is 0 Å². The summed E-state index contributed by atoms with van der Waals surface area (Å²) in [4.78, 5) is 2.57. The number of hydrogen-bond acceptors (Lipinski definition) is 2. The van der Waals surface area contributed by atoms with Gasteiger partial charge in [-0.05, 0) is 43.5 Å². The standard InChI is InChI=1S/C25H22BN2S2/c1-27-15-16-28(2)25(27)26(29-23-13-11-19-7-3-5-9-21(19)17-23)30-24-14-12-20-8-4-6-10-22(20)18-24/h3-18H,1-2H3. The first kappa shape index (κ1) is 19.3. The summed E-state index contributed by atoms with van der Waals surface area (Å²) in [7, 11) is 4.26. The summed E-state index contributed by atoms with van der Waals surface area (Å²) in [6.45, 7) is 0. The minimum absolute atomic E-state index is 0.234. The van der Waals surface area contributed by atoms with Crippen LogP contribution < -0.4 is 10.3 Å². The number of imidazole rings is 1. The maximum atomic E-state index is 2.30. The molecule has 1 aromatic heterocycles. The third kappa shape index (κ3) is 3.87. The van der Waals surface area contributed by atoms with Crippen LogP contribution in [0.5, 0.6) is 0 Å². The molecule has 0 saturated carbocycles. The van der Waals surface area contributed by atoms with Crippen molar-refractivity contribution < 1.29 is 4.57 Å². The fraction of sp³-hybridized carbons (Fsp3) is 0.0800. The lowest BCUT2D eigenvalue weighted by Gasteiger charge is -2.26. The molecule has 0 N–H and O–H groups in total. The van der Waals surface area contributed by atoms with Crippen molar-refractivity contribution >= 4 is 55.8 Å². The topological polar surface area (TPSA) is 8.81 Å². The third-order valence-corrected chi connectivity index (χ3v) is 7.85. The Morgan fingerprint density at radius 3 is 1.67 bits per heavy atom. The van der Waals surface area contributed by atoms with E-state index in [9.17, 15) is 0 Å². The number of rotatable bonds is 5. The maximum absolute atomic E-state index is 2.30. The molecule has 0 bridgehead atoms. The maximum Gasteiger partial charge on any atom is 0.141 e. The van der Waals surface area contributed by atoms with E-state index in [2.05, 4.69) is 121 Å². The molecule has 5 heteroatoms. The van der Waals surface area contributed by atoms with Crippen molar-refractivity contribution in [3.8, 4) is 0 Å². The van der Waals surface area contributed by atoms with Crippen molar-refractivity contribution in [2.24, 2.45) is 14.1 Å². The predicted octanol–water partition coefficient (Wildman–Crippen LogP) is 5.44. The van der Waals surface area contributed by atoms with E-state index >= 15 is 0 Å². The van der Waals surface area contributed by atoms with Crippen molar-refractivity contribution in [1.82, 2.24) is 4.57 Å². The number of aryl methyl sites for hydroxylation is 2. The molecule has 4 aromatic carbocycles. The Labute approximate surface area is 185 Å². The fourth-order valence-corrected chi connectivity index (χ4v) is 6.70. The van der Waals surface area contributed by atoms with Gasteiger partial charge in [-0.3, -0.25) is 9.13 Å². The van der Waals surface area contributed by atoms with E-state index in [4.69, 9.17) is 0 Å². The van der Waals surface area contributed by atoms with E-state index in [-0.39, 0.29) is 5.27 Å². The van der Waals surface area contributed by atoms with Gasteiger partial charge in [-0.15, -0.1) is 0 Å². The molecule has 30 heavy (non-hydrogen) atoms. The van der Waals surface area contributed by atoms with E-state index < -0.39 is 0 Å². The number of hydrogen-bond donors (Lipinski definition) is 0. The summed E-state index contributed by atoms with van der Waals surface area (Å²) in [5.41, 5.74) is 1.28. The van der Waals surface area contributed by atoms with Crippen LogP contribution in [0, 0.1) is 0 Å². The molecule has 0 unspecified atom stereocenters. The second-order valence-electron chi connectivity index (χ2n) is 7.46. The van der Waals surface area contributed by atoms with E-state index in [1.54, 1.807) is 0 Å². The van der Waals surface area contributed by atoms with Gasteiger partial charge in [-0.2, -0.15) is 0 Å². The van der Waals surface area contributed by atoms with Crippen molar-refractivity contribution in [2.75, 3.05) is 0 Å². The molecule has 0 aliphatic heterocycles. The number of benzene rings is 4. The van der Waals surface area contributed by atoms with E-state index in [0.717, 1.165) is 0 Å². The van der Waals surface area contributed by atoms with Crippen molar-refractivity contribution in [1.29, 1.82) is 0 Å². The largest absolute Gasteiger partial charge is 0.349 e. The molecular weight excluding hydrogens is 403 g/mol. The van der Waals surface area contributed by atoms with Gasteiger partial charge in [-0.25, -0.2) is 0 Å². The van der Waals surface area contributed by atoms with Crippen LogP contribution >= 0.6 is 23.2 Å². The molecular formula is C25H22BN2S2. The second kappa shape index (κ2) is 8.25. The molecule has 0 fully saturated rings. The normalized spacial score (nSPS) is 11.6. The Morgan fingerprint density at radius 2 is 1.20 bits per heavy atom. The van der Waals surface area contributed by atoms with Crippen LogP contribution in [-0.2, 0) is 14.1 Å². The highest BCUT2D eigenvalue weighted by atomic mass is 32.2. The Balaban J connectivity index is 1.52. The van der Waals surface area contributed by atoms with Gasteiger partial charge in [0, 0.05) is 0 Å². The lowest BCUT2D eigenvalue weighted by atomic mass is 10.1. The monoisotopic (exact) mass is 425 g/mol. The molecule has 0 atom stereocenters. The van der Waals surface area contributed by atoms with Crippen LogP contribution in [0.3, 0.4) is 0 Å². The van der Waals surface area contributed by atoms with E-state index in [1.807, 2.05) is 23.2 Å². The highest BCUT2D eigenvalue weighted by Crippen LogP contribution is 2.34. The zero-order chi connectivity index (χ0) is 20.5. The summed E-state index contributed by atoms with van der Waals surface area (Å²) in [5.74, 6) is 0. The lowest BCUT2D eigenvalue weighted by molar-refractivity contribution is -0.652. The zero-order valence-corrected chi connectivity index (χ0v) is 18.7. The highest BCUT2D eigenvalue weighted by molar-refractivity contribution is 8.55. The molecule has 5 aromatic rings. The highest BCUT2D eigenvalue weighted by Gasteiger charge is 2.17. The summed E-state index contributed by atoms with van der Waals surface area (Å²) < 4.78 is 4.46. The number of fused-ring (bicyclic) bond motifs is 2. The molecule has 0 spiro atoms. The van der Waals surface area contributed by atoms with Crippen molar-refractivity contribution in [2.45, 2.75) is 9.79 Å². The van der Waals surface area contributed by atoms with Gasteiger partial charge in [-0.1, -0.05) is 72.8 Å². The molecule has 5 rings (SSSR count). The van der Waals surface area contributed by atoms with Gasteiger partial charge in [0.25, 0.3) is 0 Å². The number of nitrogens with zero attached hydrogens (tertiary/aromatic N) is 2. The smallest absolute Gasteiger partial charge is 0.141 e. The first-order valence-corrected chi connectivity index (χ1v) is 11.7. The summed E-state index contributed by atoms with van der Waals surface area (Å²) >= 11 is 3.82. The van der Waals surface area contributed by atoms with E-state index in [1.165, 1.54) is 37.1 Å². The fourth-order valence-electron chi connectivity index (χ4n) is 3.79. The molecule has 147 valence electrons. The van der Waals surface area contributed by atoms with Crippen LogP contribution in [0.25, 0.3) is 21.5 Å². The van der Waals surface area contributed by atoms with Crippen molar-refractivity contribution in [3.63, 3.8) is 0 Å². The van der Waals surface area contributed by atoms with Crippen molar-refractivity contribution in [3.05, 3.63) is 97.3 Å². The van der Waals surface area contributed by atoms with Gasteiger partial charge in [0.05, 0.1) is 19.8 Å². The van der Waals surface area contributed by atoms with E-state index in [0.29, 0.717) is 0 Å². The third-order valence-electron chi connectivity index (χ3n) is 5.38. The molecule has 0 aliphatic rings. The van der Waals surface area contributed by atoms with Crippen LogP contribution in [-0.4, -0.2) is 9.84 Å². The second-order valence-corrected chi connectivity index (χ2v) is 10.1. The first-order valence-electron chi connectivity index (χ1n) is 9.99. The molecule has 0 aliphatic carbocycles. The first-order chi connectivity index (χ1) is 14.7. The Morgan fingerprint density at radius 1 is 0.700 bits per heavy atom. The molecule has 1 radical (unpaired) electrons. The lowest BCUT2D eigenvalue weighted by Crippen LogP contribution is -2.53. The van der Waals surface area contributed by atoms with Crippen LogP contribution in [0.2, 0.25) is 0 Å². The minimum Gasteiger partial charge on any atom is -0.349 e. The molecule has 0 saturated heterocycles. The quantitative estimate of drug-likeness (QED) is 0.274. The average Bonchev–Trinajstić information content (AvgIpc) is 3.11. The molecule has 0 amide bonds. The van der Waals surface area contributed by atoms with Crippen LogP contribution in [0.1, 0.15) is 0 Å². The zero-order valence-electron chi connectivity index (χ0n) is 17.0. The Kier molecular flexibility index (Phi) is 5.32. The van der Waals surface area contributed by atoms with Gasteiger partial charge >= 0.3 is 0 Å². The van der Waals surface area contributed by atoms with Gasteiger partial charge in [0.15, 0.2) is 0 Å². The predicted molar refractivity (Wildman–Crippen MR) is 132 cm³/mol. The SMILES string of the molecule is Cn1cc[n+](C)c1[B-](Sc1ccc2ccccc2c1)Sc1ccc2ccccc2c1. The Bertz CT molecular complexity index is 1240. The molecule has 2 nitrogen and oxygen atoms in total. The summed E-state index contributed by atoms with van der Waals surface area (Å²) in [6.07, 6.45) is 4.26. The van der Waals surface area contributed by atoms with Gasteiger partial charge < -0.3 is 23.2 Å². The summed E-state index contributed by atoms with van der Waals surface area (Å²) in [5, 5.41) is 5.37. The van der Waals surface area contributed by atoms with Gasteiger partial charge in [0.1, 0.15) is 17.7 Å². The molecule has 1 heterocycles. The Hall–Kier alpha value is -2.63. The minimum atomic E-state index is 0.234. The summed E-state index contributed by atoms with van der Waals surface area (Å²) in [6, 6.07) is 30.6. The van der Waals surface area contributed by atoms with Crippen LogP contribution in [0.15, 0.2) is 107 Å². The van der Waals surface area contributed by atoms with Crippen LogP contribution in [0.4, 0.5) is 0 Å². The average molecular weight is 425 g/mol.